The summed E-state index contributed by atoms with van der Waals surface area (Å²) in [6.45, 7) is 4.20. The van der Waals surface area contributed by atoms with Gasteiger partial charge in [0.2, 0.25) is 0 Å². The van der Waals surface area contributed by atoms with E-state index in [9.17, 15) is 13.6 Å². The number of hydrogen-bond donors (Lipinski definition) is 0. The Labute approximate surface area is 223 Å². The van der Waals surface area contributed by atoms with Gasteiger partial charge in [-0.2, -0.15) is 0 Å². The average molecular weight is 546 g/mol. The molecule has 6 nitrogen and oxygen atoms in total. The number of ether oxygens (including phenoxy) is 2. The van der Waals surface area contributed by atoms with Gasteiger partial charge in [0.1, 0.15) is 22.8 Å². The highest BCUT2D eigenvalue weighted by atomic mass is 35.5. The Morgan fingerprint density at radius 2 is 1.78 bits per heavy atom. The van der Waals surface area contributed by atoms with E-state index in [2.05, 4.69) is 9.88 Å². The van der Waals surface area contributed by atoms with Crippen molar-refractivity contribution in [3.63, 3.8) is 0 Å². The summed E-state index contributed by atoms with van der Waals surface area (Å²) in [7, 11) is 0. The molecule has 10 heteroatoms. The smallest absolute Gasteiger partial charge is 0.263 e. The van der Waals surface area contributed by atoms with Crippen LogP contribution in [0.3, 0.4) is 0 Å². The maximum atomic E-state index is 14.4. The third-order valence-corrected chi connectivity index (χ3v) is 6.95. The molecule has 1 amide bonds. The van der Waals surface area contributed by atoms with E-state index in [-0.39, 0.29) is 23.8 Å². The molecule has 0 aliphatic carbocycles. The lowest BCUT2D eigenvalue weighted by molar-refractivity contribution is 0.0376. The van der Waals surface area contributed by atoms with Crippen LogP contribution in [0.4, 0.5) is 13.9 Å². The van der Waals surface area contributed by atoms with Crippen molar-refractivity contribution in [2.75, 3.05) is 44.3 Å². The van der Waals surface area contributed by atoms with E-state index in [0.29, 0.717) is 53.1 Å². The Kier molecular flexibility index (Phi) is 9.04. The Morgan fingerprint density at radius 3 is 2.57 bits per heavy atom. The fourth-order valence-corrected chi connectivity index (χ4v) is 5.14. The van der Waals surface area contributed by atoms with E-state index in [1.165, 1.54) is 11.0 Å². The first kappa shape index (κ1) is 26.9. The molecule has 1 fully saturated rings. The number of amides is 1. The fraction of sp³-hybridized carbons (Fsp3) is 0.259. The normalized spacial score (nSPS) is 13.8. The van der Waals surface area contributed by atoms with Crippen LogP contribution >= 0.6 is 23.7 Å². The molecule has 0 atom stereocenters. The molecule has 1 aliphatic heterocycles. The SMILES string of the molecule is Cl.O=C(c1ccccc1Oc1ccccc1)N(CCCN1CCOCC1)c1nc2c(F)cc(F)cc2s1. The molecule has 0 spiro atoms. The molecule has 37 heavy (non-hydrogen) atoms. The van der Waals surface area contributed by atoms with E-state index in [1.807, 2.05) is 30.3 Å². The standard InChI is InChI=1S/C27H25F2N3O3S.ClH/c28-19-17-22(29)25-24(18-19)36-27(30-25)32(12-6-11-31-13-15-34-16-14-31)26(33)21-9-4-5-10-23(21)35-20-7-2-1-3-8-20;/h1-5,7-10,17-18H,6,11-16H2;1H. The number of rotatable bonds is 8. The van der Waals surface area contributed by atoms with E-state index in [1.54, 1.807) is 24.3 Å². The predicted molar refractivity (Wildman–Crippen MR) is 143 cm³/mol. The van der Waals surface area contributed by atoms with Gasteiger partial charge in [0, 0.05) is 32.2 Å². The van der Waals surface area contributed by atoms with Gasteiger partial charge in [-0.1, -0.05) is 41.7 Å². The minimum atomic E-state index is -0.749. The number of carbonyl (C=O) groups is 1. The molecule has 0 saturated carbocycles. The molecule has 1 aromatic heterocycles. The number of morpholine rings is 1. The van der Waals surface area contributed by atoms with Crippen molar-refractivity contribution in [3.8, 4) is 11.5 Å². The van der Waals surface area contributed by atoms with Gasteiger partial charge in [-0.3, -0.25) is 14.6 Å². The summed E-state index contributed by atoms with van der Waals surface area (Å²) in [5, 5.41) is 0.316. The molecular formula is C27H26ClF2N3O3S. The van der Waals surface area contributed by atoms with Crippen molar-refractivity contribution >= 4 is 45.0 Å². The number of aromatic nitrogens is 1. The quantitative estimate of drug-likeness (QED) is 0.265. The predicted octanol–water partition coefficient (Wildman–Crippen LogP) is 6.16. The molecule has 0 N–H and O–H groups in total. The Bertz CT molecular complexity index is 1350. The van der Waals surface area contributed by atoms with Crippen LogP contribution < -0.4 is 9.64 Å². The van der Waals surface area contributed by atoms with Crippen LogP contribution in [0.5, 0.6) is 11.5 Å². The molecule has 0 bridgehead atoms. The molecule has 1 aliphatic rings. The van der Waals surface area contributed by atoms with Gasteiger partial charge >= 0.3 is 0 Å². The van der Waals surface area contributed by atoms with Crippen LogP contribution in [0, 0.1) is 11.6 Å². The van der Waals surface area contributed by atoms with Crippen molar-refractivity contribution in [2.45, 2.75) is 6.42 Å². The third-order valence-electron chi connectivity index (χ3n) is 5.93. The fourth-order valence-electron chi connectivity index (χ4n) is 4.12. The molecule has 194 valence electrons. The number of halogens is 3. The molecular weight excluding hydrogens is 520 g/mol. The number of para-hydroxylation sites is 2. The third kappa shape index (κ3) is 6.42. The van der Waals surface area contributed by atoms with Gasteiger partial charge < -0.3 is 9.47 Å². The average Bonchev–Trinajstić information content (AvgIpc) is 3.32. The number of benzene rings is 3. The molecule has 2 heterocycles. The van der Waals surface area contributed by atoms with E-state index in [4.69, 9.17) is 9.47 Å². The van der Waals surface area contributed by atoms with Crippen LogP contribution in [-0.4, -0.2) is 55.2 Å². The number of hydrogen-bond acceptors (Lipinski definition) is 6. The highest BCUT2D eigenvalue weighted by Gasteiger charge is 2.25. The van der Waals surface area contributed by atoms with E-state index in [0.717, 1.165) is 37.0 Å². The van der Waals surface area contributed by atoms with Crippen LogP contribution in [0.1, 0.15) is 16.8 Å². The zero-order chi connectivity index (χ0) is 24.9. The number of thiazole rings is 1. The molecule has 0 unspecified atom stereocenters. The summed E-state index contributed by atoms with van der Waals surface area (Å²) in [6.07, 6.45) is 0.681. The van der Waals surface area contributed by atoms with E-state index < -0.39 is 11.6 Å². The Hall–Kier alpha value is -3.11. The summed E-state index contributed by atoms with van der Waals surface area (Å²) in [4.78, 5) is 22.1. The van der Waals surface area contributed by atoms with Crippen molar-refractivity contribution in [2.24, 2.45) is 0 Å². The van der Waals surface area contributed by atoms with Crippen LogP contribution in [0.2, 0.25) is 0 Å². The van der Waals surface area contributed by atoms with Crippen molar-refractivity contribution in [3.05, 3.63) is 83.9 Å². The second-order valence-corrected chi connectivity index (χ2v) is 9.42. The minimum absolute atomic E-state index is 0. The molecule has 3 aromatic carbocycles. The maximum absolute atomic E-state index is 14.4. The van der Waals surface area contributed by atoms with Gasteiger partial charge in [-0.25, -0.2) is 13.8 Å². The Balaban J connectivity index is 0.00000320. The molecule has 1 saturated heterocycles. The highest BCUT2D eigenvalue weighted by Crippen LogP contribution is 2.34. The summed E-state index contributed by atoms with van der Waals surface area (Å²) in [5.74, 6) is -0.731. The second kappa shape index (κ2) is 12.4. The summed E-state index contributed by atoms with van der Waals surface area (Å²) in [5.41, 5.74) is 0.412. The summed E-state index contributed by atoms with van der Waals surface area (Å²) in [6, 6.07) is 18.3. The zero-order valence-electron chi connectivity index (χ0n) is 19.9. The zero-order valence-corrected chi connectivity index (χ0v) is 21.6. The van der Waals surface area contributed by atoms with E-state index >= 15 is 0 Å². The monoisotopic (exact) mass is 545 g/mol. The number of anilines is 1. The first-order valence-electron chi connectivity index (χ1n) is 11.8. The lowest BCUT2D eigenvalue weighted by atomic mass is 10.1. The summed E-state index contributed by atoms with van der Waals surface area (Å²) >= 11 is 1.09. The number of carbonyl (C=O) groups excluding carboxylic acids is 1. The van der Waals surface area contributed by atoms with Crippen molar-refractivity contribution < 1.29 is 23.0 Å². The largest absolute Gasteiger partial charge is 0.457 e. The lowest BCUT2D eigenvalue weighted by Gasteiger charge is -2.28. The Morgan fingerprint density at radius 1 is 1.05 bits per heavy atom. The van der Waals surface area contributed by atoms with Gasteiger partial charge in [0.05, 0.1) is 23.5 Å². The lowest BCUT2D eigenvalue weighted by Crippen LogP contribution is -2.39. The van der Waals surface area contributed by atoms with Gasteiger partial charge in [0.25, 0.3) is 5.91 Å². The summed E-state index contributed by atoms with van der Waals surface area (Å²) < 4.78 is 40.0. The first-order valence-corrected chi connectivity index (χ1v) is 12.6. The van der Waals surface area contributed by atoms with Gasteiger partial charge in [0.15, 0.2) is 10.9 Å². The van der Waals surface area contributed by atoms with Crippen LogP contribution in [0.25, 0.3) is 10.2 Å². The number of nitrogens with zero attached hydrogens (tertiary/aromatic N) is 3. The topological polar surface area (TPSA) is 54.9 Å². The van der Waals surface area contributed by atoms with Gasteiger partial charge in [-0.05, 0) is 36.8 Å². The van der Waals surface area contributed by atoms with Crippen LogP contribution in [-0.2, 0) is 4.74 Å². The maximum Gasteiger partial charge on any atom is 0.263 e. The first-order chi connectivity index (χ1) is 17.6. The molecule has 5 rings (SSSR count). The molecule has 0 radical (unpaired) electrons. The van der Waals surface area contributed by atoms with Crippen LogP contribution in [0.15, 0.2) is 66.7 Å². The van der Waals surface area contributed by atoms with Crippen molar-refractivity contribution in [1.29, 1.82) is 0 Å². The van der Waals surface area contributed by atoms with Crippen molar-refractivity contribution in [1.82, 2.24) is 9.88 Å². The molecule has 4 aromatic rings. The number of fused-ring (bicyclic) bond motifs is 1. The minimum Gasteiger partial charge on any atom is -0.457 e. The second-order valence-electron chi connectivity index (χ2n) is 8.41. The van der Waals surface area contributed by atoms with Gasteiger partial charge in [-0.15, -0.1) is 12.4 Å². The highest BCUT2D eigenvalue weighted by molar-refractivity contribution is 7.22.